The smallest absolute Gasteiger partial charge is 0.164 e. The number of aromatic nitrogens is 5. The summed E-state index contributed by atoms with van der Waals surface area (Å²) in [7, 11) is 0. The van der Waals surface area contributed by atoms with E-state index in [1.54, 1.807) is 0 Å². The molecule has 0 aliphatic carbocycles. The van der Waals surface area contributed by atoms with Crippen molar-refractivity contribution in [2.45, 2.75) is 0 Å². The zero-order valence-corrected chi connectivity index (χ0v) is 30.3. The summed E-state index contributed by atoms with van der Waals surface area (Å²) in [5.74, 6) is 1.66. The van der Waals surface area contributed by atoms with Gasteiger partial charge >= 0.3 is 0 Å². The molecule has 266 valence electrons. The summed E-state index contributed by atoms with van der Waals surface area (Å²) in [6.07, 6.45) is 3.72. The van der Waals surface area contributed by atoms with Gasteiger partial charge in [-0.1, -0.05) is 109 Å². The Morgan fingerprint density at radius 2 is 0.912 bits per heavy atom. The number of furan rings is 2. The highest BCUT2D eigenvalue weighted by Crippen LogP contribution is 2.38. The lowest BCUT2D eigenvalue weighted by Crippen LogP contribution is -2.01. The van der Waals surface area contributed by atoms with Crippen LogP contribution in [0.15, 0.2) is 185 Å². The molecule has 0 fully saturated rings. The third kappa shape index (κ3) is 4.99. The average molecular weight is 732 g/mol. The van der Waals surface area contributed by atoms with Crippen LogP contribution in [0.25, 0.3) is 117 Å². The molecule has 0 radical (unpaired) electrons. The van der Waals surface area contributed by atoms with Crippen molar-refractivity contribution in [3.8, 4) is 51.0 Å². The maximum absolute atomic E-state index is 6.40. The number of rotatable bonds is 5. The van der Waals surface area contributed by atoms with Gasteiger partial charge in [-0.25, -0.2) is 15.0 Å². The number of hydrogen-bond donors (Lipinski definition) is 0. The lowest BCUT2D eigenvalue weighted by atomic mass is 10.0. The van der Waals surface area contributed by atoms with E-state index in [-0.39, 0.29) is 0 Å². The molecular weight excluding hydrogens is 703 g/mol. The highest BCUT2D eigenvalue weighted by molar-refractivity contribution is 6.10. The molecule has 0 saturated carbocycles. The van der Waals surface area contributed by atoms with Crippen LogP contribution in [0.4, 0.5) is 0 Å². The Balaban J connectivity index is 1.05. The third-order valence-electron chi connectivity index (χ3n) is 10.9. The van der Waals surface area contributed by atoms with Gasteiger partial charge in [0, 0.05) is 72.7 Å². The van der Waals surface area contributed by atoms with Crippen LogP contribution in [0.2, 0.25) is 0 Å². The van der Waals surface area contributed by atoms with Crippen molar-refractivity contribution in [2.24, 2.45) is 0 Å². The molecule has 0 saturated heterocycles. The second-order valence-electron chi connectivity index (χ2n) is 14.3. The SMILES string of the molecule is c1cc(-c2nc(-c3cccc(-n4c5ccccc5c5ccccc54)c3)nc(-c3ccc4c(c3)oc3ccccc34)n2)cc(-c2cncc3c2oc2ccccc23)c1. The van der Waals surface area contributed by atoms with Crippen molar-refractivity contribution < 1.29 is 8.83 Å². The maximum atomic E-state index is 6.40. The zero-order valence-electron chi connectivity index (χ0n) is 30.3. The van der Waals surface area contributed by atoms with E-state index in [4.69, 9.17) is 23.8 Å². The minimum atomic E-state index is 0.547. The van der Waals surface area contributed by atoms with E-state index < -0.39 is 0 Å². The van der Waals surface area contributed by atoms with E-state index in [2.05, 4.69) is 119 Å². The molecule has 7 heteroatoms. The topological polar surface area (TPSA) is 82.8 Å². The van der Waals surface area contributed by atoms with Gasteiger partial charge in [0.1, 0.15) is 22.3 Å². The van der Waals surface area contributed by atoms with Gasteiger partial charge in [-0.2, -0.15) is 0 Å². The van der Waals surface area contributed by atoms with Gasteiger partial charge in [0.2, 0.25) is 0 Å². The standard InChI is InChI=1S/C50H29N5O2/c1-5-19-42-35(15-1)36-16-2-6-20-43(36)55(42)34-14-10-13-32(26-34)49-52-48(53-50(54-49)33-23-24-39-37-17-3-7-21-44(37)56-46(39)27-33)31-12-9-11-30(25-31)40-28-51-29-41-38-18-4-8-22-45(38)57-47(40)41/h1-29H. The van der Waals surface area contributed by atoms with E-state index in [1.807, 2.05) is 67.0 Å². The predicted octanol–water partition coefficient (Wildman–Crippen LogP) is 12.8. The van der Waals surface area contributed by atoms with E-state index in [0.29, 0.717) is 17.5 Å². The number of benzene rings is 7. The zero-order chi connectivity index (χ0) is 37.5. The fraction of sp³-hybridized carbons (Fsp3) is 0. The molecule has 7 nitrogen and oxygen atoms in total. The highest BCUT2D eigenvalue weighted by atomic mass is 16.3. The molecule has 5 aromatic heterocycles. The number of fused-ring (bicyclic) bond motifs is 9. The van der Waals surface area contributed by atoms with Crippen molar-refractivity contribution in [1.29, 1.82) is 0 Å². The summed E-state index contributed by atoms with van der Waals surface area (Å²) in [5, 5.41) is 6.54. The minimum absolute atomic E-state index is 0.547. The van der Waals surface area contributed by atoms with Crippen LogP contribution >= 0.6 is 0 Å². The maximum Gasteiger partial charge on any atom is 0.164 e. The summed E-state index contributed by atoms with van der Waals surface area (Å²) in [6, 6.07) is 56.0. The molecule has 0 aliphatic rings. The second-order valence-corrected chi connectivity index (χ2v) is 14.3. The van der Waals surface area contributed by atoms with Gasteiger partial charge in [0.05, 0.1) is 11.0 Å². The summed E-state index contributed by atoms with van der Waals surface area (Å²) >= 11 is 0. The van der Waals surface area contributed by atoms with Crippen LogP contribution < -0.4 is 0 Å². The molecular formula is C50H29N5O2. The van der Waals surface area contributed by atoms with Crippen LogP contribution in [-0.4, -0.2) is 24.5 Å². The van der Waals surface area contributed by atoms with Gasteiger partial charge in [-0.15, -0.1) is 0 Å². The molecule has 0 unspecified atom stereocenters. The average Bonchev–Trinajstić information content (AvgIpc) is 3.96. The Morgan fingerprint density at radius 1 is 0.368 bits per heavy atom. The lowest BCUT2D eigenvalue weighted by molar-refractivity contribution is 0.669. The number of hydrogen-bond acceptors (Lipinski definition) is 6. The second kappa shape index (κ2) is 12.3. The highest BCUT2D eigenvalue weighted by Gasteiger charge is 2.18. The largest absolute Gasteiger partial charge is 0.456 e. The first-order valence-electron chi connectivity index (χ1n) is 18.9. The van der Waals surface area contributed by atoms with Crippen LogP contribution in [0.5, 0.6) is 0 Å². The molecule has 0 bridgehead atoms. The molecule has 12 aromatic rings. The lowest BCUT2D eigenvalue weighted by Gasteiger charge is -2.12. The first kappa shape index (κ1) is 31.5. The van der Waals surface area contributed by atoms with Gasteiger partial charge in [0.25, 0.3) is 0 Å². The van der Waals surface area contributed by atoms with Crippen molar-refractivity contribution in [3.63, 3.8) is 0 Å². The molecule has 0 amide bonds. The van der Waals surface area contributed by atoms with Gasteiger partial charge in [-0.05, 0) is 60.2 Å². The summed E-state index contributed by atoms with van der Waals surface area (Å²) in [6.45, 7) is 0. The fourth-order valence-corrected chi connectivity index (χ4v) is 8.28. The van der Waals surface area contributed by atoms with Crippen molar-refractivity contribution >= 4 is 65.7 Å². The van der Waals surface area contributed by atoms with E-state index >= 15 is 0 Å². The third-order valence-corrected chi connectivity index (χ3v) is 10.9. The Kier molecular flexibility index (Phi) is 6.79. The quantitative estimate of drug-likeness (QED) is 0.175. The Bertz CT molecular complexity index is 3500. The Hall–Kier alpha value is -7.90. The number of pyridine rings is 1. The minimum Gasteiger partial charge on any atom is -0.456 e. The first-order chi connectivity index (χ1) is 28.2. The molecule has 5 heterocycles. The van der Waals surface area contributed by atoms with Crippen LogP contribution in [-0.2, 0) is 0 Å². The fourth-order valence-electron chi connectivity index (χ4n) is 8.28. The van der Waals surface area contributed by atoms with Crippen LogP contribution in [0.3, 0.4) is 0 Å². The summed E-state index contributed by atoms with van der Waals surface area (Å²) in [4.78, 5) is 20.1. The molecule has 0 spiro atoms. The predicted molar refractivity (Wildman–Crippen MR) is 228 cm³/mol. The Morgan fingerprint density at radius 3 is 1.63 bits per heavy atom. The molecule has 7 aromatic carbocycles. The molecule has 12 rings (SSSR count). The van der Waals surface area contributed by atoms with E-state index in [9.17, 15) is 0 Å². The van der Waals surface area contributed by atoms with E-state index in [0.717, 1.165) is 88.4 Å². The van der Waals surface area contributed by atoms with Gasteiger partial charge in [0.15, 0.2) is 17.5 Å². The van der Waals surface area contributed by atoms with Crippen molar-refractivity contribution in [3.05, 3.63) is 176 Å². The normalized spacial score (nSPS) is 11.9. The van der Waals surface area contributed by atoms with Gasteiger partial charge in [-0.3, -0.25) is 4.98 Å². The van der Waals surface area contributed by atoms with Gasteiger partial charge < -0.3 is 13.4 Å². The molecule has 57 heavy (non-hydrogen) atoms. The van der Waals surface area contributed by atoms with Crippen LogP contribution in [0, 0.1) is 0 Å². The molecule has 0 aliphatic heterocycles. The molecule has 0 N–H and O–H groups in total. The number of para-hydroxylation sites is 4. The Labute approximate surface area is 325 Å². The van der Waals surface area contributed by atoms with Crippen molar-refractivity contribution in [1.82, 2.24) is 24.5 Å². The molecule has 0 atom stereocenters. The van der Waals surface area contributed by atoms with E-state index in [1.165, 1.54) is 10.8 Å². The summed E-state index contributed by atoms with van der Waals surface area (Å²) in [5.41, 5.74) is 10.9. The van der Waals surface area contributed by atoms with Crippen molar-refractivity contribution in [2.75, 3.05) is 0 Å². The van der Waals surface area contributed by atoms with Crippen LogP contribution in [0.1, 0.15) is 0 Å². The monoisotopic (exact) mass is 731 g/mol. The number of nitrogens with zero attached hydrogens (tertiary/aromatic N) is 5. The summed E-state index contributed by atoms with van der Waals surface area (Å²) < 4.78 is 15.0. The first-order valence-corrected chi connectivity index (χ1v) is 18.9.